The number of isothiocyanates is 1. The van der Waals surface area contributed by atoms with E-state index in [0.29, 0.717) is 0 Å². The van der Waals surface area contributed by atoms with Crippen molar-refractivity contribution in [3.8, 4) is 0 Å². The van der Waals surface area contributed by atoms with Gasteiger partial charge in [-0.15, -0.1) is 0 Å². The number of anilines is 1. The number of nitrogens with zero attached hydrogens (tertiary/aromatic N) is 1. The normalized spacial score (nSPS) is 9.80. The molecule has 80 valence electrons. The fourth-order valence-corrected chi connectivity index (χ4v) is 1.87. The van der Waals surface area contributed by atoms with E-state index in [1.54, 1.807) is 0 Å². The van der Waals surface area contributed by atoms with Crippen LogP contribution >= 0.6 is 12.2 Å². The summed E-state index contributed by atoms with van der Waals surface area (Å²) >= 11 is 4.67. The van der Waals surface area contributed by atoms with Gasteiger partial charge < -0.3 is 5.73 Å². The summed E-state index contributed by atoms with van der Waals surface area (Å²) in [5.41, 5.74) is 11.2. The third-order valence-electron chi connectivity index (χ3n) is 2.62. The number of hydrogen-bond acceptors (Lipinski definition) is 3. The number of benzene rings is 1. The third kappa shape index (κ3) is 2.25. The molecule has 0 aliphatic heterocycles. The van der Waals surface area contributed by atoms with Crippen LogP contribution in [0.5, 0.6) is 0 Å². The zero-order valence-electron chi connectivity index (χ0n) is 9.42. The first kappa shape index (κ1) is 11.9. The Balaban J connectivity index is 3.55. The Morgan fingerprint density at radius 1 is 1.40 bits per heavy atom. The van der Waals surface area contributed by atoms with Crippen LogP contribution in [0.3, 0.4) is 0 Å². The molecular weight excluding hydrogens is 204 g/mol. The second-order valence-electron chi connectivity index (χ2n) is 3.50. The fraction of sp³-hybridized carbons (Fsp3) is 0.417. The first-order chi connectivity index (χ1) is 7.15. The van der Waals surface area contributed by atoms with Crippen LogP contribution in [0.25, 0.3) is 0 Å². The van der Waals surface area contributed by atoms with Crippen LogP contribution in [0.1, 0.15) is 30.5 Å². The molecule has 0 atom stereocenters. The van der Waals surface area contributed by atoms with Gasteiger partial charge in [-0.3, -0.25) is 0 Å². The van der Waals surface area contributed by atoms with Crippen LogP contribution in [-0.4, -0.2) is 5.16 Å². The van der Waals surface area contributed by atoms with E-state index >= 15 is 0 Å². The van der Waals surface area contributed by atoms with E-state index in [1.807, 2.05) is 6.92 Å². The van der Waals surface area contributed by atoms with Gasteiger partial charge in [-0.2, -0.15) is 4.99 Å². The average Bonchev–Trinajstić information content (AvgIpc) is 2.24. The van der Waals surface area contributed by atoms with Crippen molar-refractivity contribution in [1.82, 2.24) is 0 Å². The molecule has 0 aliphatic carbocycles. The lowest BCUT2D eigenvalue weighted by atomic mass is 9.97. The monoisotopic (exact) mass is 220 g/mol. The predicted molar refractivity (Wildman–Crippen MR) is 69.0 cm³/mol. The lowest BCUT2D eigenvalue weighted by Gasteiger charge is -2.13. The number of aryl methyl sites for hydroxylation is 2. The maximum atomic E-state index is 6.03. The van der Waals surface area contributed by atoms with Crippen LogP contribution in [0, 0.1) is 6.92 Å². The molecule has 1 aromatic carbocycles. The molecule has 3 heteroatoms. The Hall–Kier alpha value is -1.18. The summed E-state index contributed by atoms with van der Waals surface area (Å²) in [6, 6.07) is 2.08. The average molecular weight is 220 g/mol. The van der Waals surface area contributed by atoms with Gasteiger partial charge >= 0.3 is 0 Å². The molecule has 0 aliphatic rings. The Morgan fingerprint density at radius 2 is 2.07 bits per heavy atom. The lowest BCUT2D eigenvalue weighted by Crippen LogP contribution is -1.99. The smallest absolute Gasteiger partial charge is 0.0823 e. The SMILES string of the molecule is CCc1cc(C)c(N)c(CC)c1N=C=S. The predicted octanol–water partition coefficient (Wildman–Crippen LogP) is 3.44. The highest BCUT2D eigenvalue weighted by atomic mass is 32.1. The van der Waals surface area contributed by atoms with Gasteiger partial charge in [0.15, 0.2) is 0 Å². The highest BCUT2D eigenvalue weighted by Gasteiger charge is 2.11. The molecule has 15 heavy (non-hydrogen) atoms. The maximum absolute atomic E-state index is 6.03. The molecule has 1 aromatic rings. The summed E-state index contributed by atoms with van der Waals surface area (Å²) in [6.07, 6.45) is 1.81. The second-order valence-corrected chi connectivity index (χ2v) is 3.69. The number of thiocarbonyl (C=S) groups is 1. The van der Waals surface area contributed by atoms with Crippen molar-refractivity contribution >= 4 is 28.8 Å². The molecule has 2 N–H and O–H groups in total. The van der Waals surface area contributed by atoms with Crippen LogP contribution < -0.4 is 5.73 Å². The molecule has 0 fully saturated rings. The quantitative estimate of drug-likeness (QED) is 0.481. The van der Waals surface area contributed by atoms with Crippen LogP contribution in [0.4, 0.5) is 11.4 Å². The summed E-state index contributed by atoms with van der Waals surface area (Å²) in [4.78, 5) is 4.14. The van der Waals surface area contributed by atoms with Gasteiger partial charge in [-0.25, -0.2) is 0 Å². The summed E-state index contributed by atoms with van der Waals surface area (Å²) in [7, 11) is 0. The van der Waals surface area contributed by atoms with E-state index in [0.717, 1.165) is 35.3 Å². The summed E-state index contributed by atoms with van der Waals surface area (Å²) in [6.45, 7) is 6.21. The topological polar surface area (TPSA) is 38.4 Å². The van der Waals surface area contributed by atoms with Crippen molar-refractivity contribution in [2.24, 2.45) is 4.99 Å². The Labute approximate surface area is 96.2 Å². The van der Waals surface area contributed by atoms with Crippen LogP contribution in [0.15, 0.2) is 11.1 Å². The fourth-order valence-electron chi connectivity index (χ4n) is 1.78. The first-order valence-electron chi connectivity index (χ1n) is 5.14. The highest BCUT2D eigenvalue weighted by molar-refractivity contribution is 7.78. The van der Waals surface area contributed by atoms with Gasteiger partial charge in [0.05, 0.1) is 10.8 Å². The van der Waals surface area contributed by atoms with E-state index in [9.17, 15) is 0 Å². The molecule has 0 radical (unpaired) electrons. The maximum Gasteiger partial charge on any atom is 0.0823 e. The van der Waals surface area contributed by atoms with Gasteiger partial charge in [0.2, 0.25) is 0 Å². The van der Waals surface area contributed by atoms with Gasteiger partial charge in [0, 0.05) is 11.3 Å². The molecule has 0 heterocycles. The van der Waals surface area contributed by atoms with Crippen molar-refractivity contribution in [2.75, 3.05) is 5.73 Å². The second kappa shape index (κ2) is 5.06. The molecule has 0 saturated heterocycles. The molecule has 0 amide bonds. The Morgan fingerprint density at radius 3 is 2.53 bits per heavy atom. The van der Waals surface area contributed by atoms with E-state index < -0.39 is 0 Å². The van der Waals surface area contributed by atoms with Crippen molar-refractivity contribution < 1.29 is 0 Å². The van der Waals surface area contributed by atoms with Crippen molar-refractivity contribution in [3.05, 3.63) is 22.8 Å². The standard InChI is InChI=1S/C12H16N2S/c1-4-9-6-8(3)11(13)10(5-2)12(9)14-7-15/h6H,4-5,13H2,1-3H3. The van der Waals surface area contributed by atoms with Gasteiger partial charge in [-0.05, 0) is 43.1 Å². The first-order valence-corrected chi connectivity index (χ1v) is 5.55. The number of rotatable bonds is 3. The Bertz CT molecular complexity index is 418. The zero-order valence-corrected chi connectivity index (χ0v) is 10.2. The van der Waals surface area contributed by atoms with Gasteiger partial charge in [0.1, 0.15) is 0 Å². The molecule has 0 saturated carbocycles. The van der Waals surface area contributed by atoms with E-state index in [4.69, 9.17) is 5.73 Å². The minimum absolute atomic E-state index is 0.832. The summed E-state index contributed by atoms with van der Waals surface area (Å²) < 4.78 is 0. The zero-order chi connectivity index (χ0) is 11.4. The highest BCUT2D eigenvalue weighted by Crippen LogP contribution is 2.32. The molecule has 2 nitrogen and oxygen atoms in total. The van der Waals surface area contributed by atoms with Crippen molar-refractivity contribution in [1.29, 1.82) is 0 Å². The number of aliphatic imine (C=N–C) groups is 1. The molecule has 0 bridgehead atoms. The van der Waals surface area contributed by atoms with E-state index in [-0.39, 0.29) is 0 Å². The van der Waals surface area contributed by atoms with Crippen LogP contribution in [-0.2, 0) is 12.8 Å². The summed E-state index contributed by atoms with van der Waals surface area (Å²) in [5.74, 6) is 0. The number of nitrogen functional groups attached to an aromatic ring is 1. The number of hydrogen-bond donors (Lipinski definition) is 1. The Kier molecular flexibility index (Phi) is 4.01. The number of nitrogens with two attached hydrogens (primary N) is 1. The minimum Gasteiger partial charge on any atom is -0.398 e. The van der Waals surface area contributed by atoms with Gasteiger partial charge in [0.25, 0.3) is 0 Å². The summed E-state index contributed by atoms with van der Waals surface area (Å²) in [5, 5.41) is 2.43. The van der Waals surface area contributed by atoms with Crippen LogP contribution in [0.2, 0.25) is 0 Å². The largest absolute Gasteiger partial charge is 0.398 e. The van der Waals surface area contributed by atoms with Gasteiger partial charge in [-0.1, -0.05) is 19.9 Å². The molecule has 0 unspecified atom stereocenters. The van der Waals surface area contributed by atoms with E-state index in [1.165, 1.54) is 5.56 Å². The molecule has 0 spiro atoms. The van der Waals surface area contributed by atoms with E-state index in [2.05, 4.69) is 42.3 Å². The minimum atomic E-state index is 0.832. The van der Waals surface area contributed by atoms with Crippen molar-refractivity contribution in [3.63, 3.8) is 0 Å². The molecular formula is C12H16N2S. The van der Waals surface area contributed by atoms with Crippen molar-refractivity contribution in [2.45, 2.75) is 33.6 Å². The third-order valence-corrected chi connectivity index (χ3v) is 2.71. The molecule has 0 aromatic heterocycles. The molecule has 1 rings (SSSR count). The lowest BCUT2D eigenvalue weighted by molar-refractivity contribution is 1.07.